The van der Waals surface area contributed by atoms with Gasteiger partial charge in [0.2, 0.25) is 0 Å². The number of rotatable bonds is 1. The lowest BCUT2D eigenvalue weighted by atomic mass is 9.59. The van der Waals surface area contributed by atoms with Gasteiger partial charge in [-0.1, -0.05) is 19.9 Å². The van der Waals surface area contributed by atoms with E-state index in [1.807, 2.05) is 12.1 Å². The fourth-order valence-corrected chi connectivity index (χ4v) is 4.50. The summed E-state index contributed by atoms with van der Waals surface area (Å²) in [6.07, 6.45) is 5.21. The summed E-state index contributed by atoms with van der Waals surface area (Å²) in [5.41, 5.74) is 3.13. The third-order valence-corrected chi connectivity index (χ3v) is 6.05. The van der Waals surface area contributed by atoms with Gasteiger partial charge in [0.25, 0.3) is 0 Å². The van der Waals surface area contributed by atoms with Crippen molar-refractivity contribution in [3.8, 4) is 5.75 Å². The number of aromatic hydroxyl groups is 1. The molecule has 3 unspecified atom stereocenters. The molecule has 2 aliphatic carbocycles. The summed E-state index contributed by atoms with van der Waals surface area (Å²) in [7, 11) is 0. The maximum absolute atomic E-state index is 9.83. The van der Waals surface area contributed by atoms with E-state index in [4.69, 9.17) is 0 Å². The van der Waals surface area contributed by atoms with Crippen LogP contribution in [0.3, 0.4) is 0 Å². The summed E-state index contributed by atoms with van der Waals surface area (Å²) in [6.45, 7) is 6.07. The molecule has 2 fully saturated rings. The van der Waals surface area contributed by atoms with Gasteiger partial charge in [-0.15, -0.1) is 0 Å². The molecule has 2 bridgehead atoms. The number of phenolic OH excluding ortho intramolecular Hbond substituents is 1. The fourth-order valence-electron chi connectivity index (χ4n) is 4.50. The molecule has 1 N–H and O–H groups in total. The molecule has 1 aliphatic heterocycles. The Kier molecular flexibility index (Phi) is 2.33. The Morgan fingerprint density at radius 1 is 1.32 bits per heavy atom. The highest BCUT2D eigenvalue weighted by atomic mass is 16.3. The first-order chi connectivity index (χ1) is 9.09. The van der Waals surface area contributed by atoms with Crippen molar-refractivity contribution in [3.05, 3.63) is 29.3 Å². The Hall–Kier alpha value is -1.02. The van der Waals surface area contributed by atoms with Crippen LogP contribution in [0.4, 0.5) is 0 Å². The molecule has 0 aromatic heterocycles. The minimum Gasteiger partial charge on any atom is -0.508 e. The number of hydrogen-bond acceptors (Lipinski definition) is 2. The molecule has 0 radical (unpaired) electrons. The van der Waals surface area contributed by atoms with Crippen LogP contribution >= 0.6 is 0 Å². The largest absolute Gasteiger partial charge is 0.508 e. The fraction of sp³-hybridized carbons (Fsp3) is 0.647. The van der Waals surface area contributed by atoms with E-state index < -0.39 is 0 Å². The minimum atomic E-state index is 0.252. The molecular formula is C17H23NO. The summed E-state index contributed by atoms with van der Waals surface area (Å²) in [4.78, 5) is 2.78. The molecule has 1 saturated heterocycles. The first-order valence-electron chi connectivity index (χ1n) is 7.68. The second kappa shape index (κ2) is 3.76. The van der Waals surface area contributed by atoms with Gasteiger partial charge in [0.1, 0.15) is 5.75 Å². The molecule has 102 valence electrons. The predicted octanol–water partition coefficient (Wildman–Crippen LogP) is 3.08. The van der Waals surface area contributed by atoms with Crippen molar-refractivity contribution >= 4 is 0 Å². The van der Waals surface area contributed by atoms with Gasteiger partial charge in [0.15, 0.2) is 0 Å². The molecule has 1 heterocycles. The molecular weight excluding hydrogens is 234 g/mol. The number of piperidine rings is 1. The van der Waals surface area contributed by atoms with E-state index in [-0.39, 0.29) is 5.41 Å². The lowest BCUT2D eigenvalue weighted by molar-refractivity contribution is 0.0255. The smallest absolute Gasteiger partial charge is 0.115 e. The number of hydrogen-bond donors (Lipinski definition) is 1. The average Bonchev–Trinajstić information content (AvgIpc) is 3.19. The maximum atomic E-state index is 9.83. The zero-order chi connectivity index (χ0) is 13.2. The third kappa shape index (κ3) is 1.59. The van der Waals surface area contributed by atoms with E-state index in [2.05, 4.69) is 24.8 Å². The third-order valence-electron chi connectivity index (χ3n) is 6.05. The van der Waals surface area contributed by atoms with Crippen molar-refractivity contribution in [1.82, 2.24) is 4.90 Å². The second-order valence-electron chi connectivity index (χ2n) is 7.04. The SMILES string of the molecule is CC1C2Cc3ccc(O)cc3C1(C)CCN2C1CC1. The van der Waals surface area contributed by atoms with Crippen LogP contribution in [-0.2, 0) is 11.8 Å². The molecule has 1 saturated carbocycles. The molecule has 19 heavy (non-hydrogen) atoms. The van der Waals surface area contributed by atoms with Crippen molar-refractivity contribution in [2.45, 2.75) is 57.0 Å². The van der Waals surface area contributed by atoms with Gasteiger partial charge >= 0.3 is 0 Å². The molecule has 0 spiro atoms. The molecule has 2 heteroatoms. The standard InChI is InChI=1S/C17H23NO/c1-11-16-9-12-3-6-14(19)10-15(12)17(11,2)7-8-18(16)13-4-5-13/h3,6,10-11,13,16,19H,4-5,7-9H2,1-2H3. The normalized spacial score (nSPS) is 38.0. The number of benzene rings is 1. The van der Waals surface area contributed by atoms with Crippen molar-refractivity contribution < 1.29 is 5.11 Å². The van der Waals surface area contributed by atoms with Gasteiger partial charge < -0.3 is 5.11 Å². The summed E-state index contributed by atoms with van der Waals surface area (Å²) >= 11 is 0. The summed E-state index contributed by atoms with van der Waals surface area (Å²) in [5, 5.41) is 9.83. The highest BCUT2D eigenvalue weighted by Crippen LogP contribution is 2.51. The highest BCUT2D eigenvalue weighted by Gasteiger charge is 2.51. The number of likely N-dealkylation sites (tertiary alicyclic amines) is 1. The van der Waals surface area contributed by atoms with Gasteiger partial charge in [0.05, 0.1) is 0 Å². The molecule has 4 rings (SSSR count). The van der Waals surface area contributed by atoms with E-state index in [0.717, 1.165) is 6.04 Å². The molecule has 2 nitrogen and oxygen atoms in total. The van der Waals surface area contributed by atoms with Gasteiger partial charge in [0, 0.05) is 12.1 Å². The Morgan fingerprint density at radius 2 is 2.11 bits per heavy atom. The van der Waals surface area contributed by atoms with Crippen molar-refractivity contribution in [2.24, 2.45) is 5.92 Å². The lowest BCUT2D eigenvalue weighted by Crippen LogP contribution is -2.58. The molecule has 1 aromatic carbocycles. The maximum Gasteiger partial charge on any atom is 0.115 e. The Balaban J connectivity index is 1.80. The average molecular weight is 257 g/mol. The zero-order valence-electron chi connectivity index (χ0n) is 11.9. The van der Waals surface area contributed by atoms with E-state index in [0.29, 0.717) is 17.7 Å². The zero-order valence-corrected chi connectivity index (χ0v) is 11.9. The van der Waals surface area contributed by atoms with E-state index in [1.165, 1.54) is 43.4 Å². The minimum absolute atomic E-state index is 0.252. The van der Waals surface area contributed by atoms with Crippen LogP contribution < -0.4 is 0 Å². The first kappa shape index (κ1) is 11.8. The van der Waals surface area contributed by atoms with Crippen molar-refractivity contribution in [2.75, 3.05) is 6.54 Å². The lowest BCUT2D eigenvalue weighted by Gasteiger charge is -2.55. The number of fused-ring (bicyclic) bond motifs is 4. The number of phenols is 1. The van der Waals surface area contributed by atoms with E-state index in [1.54, 1.807) is 0 Å². The van der Waals surface area contributed by atoms with Crippen molar-refractivity contribution in [1.29, 1.82) is 0 Å². The van der Waals surface area contributed by atoms with E-state index in [9.17, 15) is 5.11 Å². The van der Waals surface area contributed by atoms with Gasteiger partial charge in [-0.2, -0.15) is 0 Å². The Bertz CT molecular complexity index is 522. The summed E-state index contributed by atoms with van der Waals surface area (Å²) < 4.78 is 0. The summed E-state index contributed by atoms with van der Waals surface area (Å²) in [5.74, 6) is 1.12. The molecule has 1 aromatic rings. The molecule has 0 amide bonds. The van der Waals surface area contributed by atoms with E-state index >= 15 is 0 Å². The van der Waals surface area contributed by atoms with Crippen LogP contribution in [0.1, 0.15) is 44.2 Å². The Labute approximate surface area is 115 Å². The Morgan fingerprint density at radius 3 is 2.84 bits per heavy atom. The number of nitrogens with zero attached hydrogens (tertiary/aromatic N) is 1. The molecule has 3 atom stereocenters. The van der Waals surface area contributed by atoms with Crippen molar-refractivity contribution in [3.63, 3.8) is 0 Å². The van der Waals surface area contributed by atoms with Crippen LogP contribution in [0, 0.1) is 5.92 Å². The highest BCUT2D eigenvalue weighted by molar-refractivity contribution is 5.44. The first-order valence-corrected chi connectivity index (χ1v) is 7.68. The predicted molar refractivity (Wildman–Crippen MR) is 76.5 cm³/mol. The monoisotopic (exact) mass is 257 g/mol. The second-order valence-corrected chi connectivity index (χ2v) is 7.04. The summed E-state index contributed by atoms with van der Waals surface area (Å²) in [6, 6.07) is 7.61. The van der Waals surface area contributed by atoms with Crippen LogP contribution in [0.25, 0.3) is 0 Å². The van der Waals surface area contributed by atoms with Gasteiger partial charge in [-0.3, -0.25) is 4.90 Å². The van der Waals surface area contributed by atoms with Gasteiger partial charge in [-0.05, 0) is 66.8 Å². The van der Waals surface area contributed by atoms with Crippen LogP contribution in [-0.4, -0.2) is 28.6 Å². The quantitative estimate of drug-likeness (QED) is 0.835. The van der Waals surface area contributed by atoms with Crippen LogP contribution in [0.2, 0.25) is 0 Å². The molecule has 3 aliphatic rings. The van der Waals surface area contributed by atoms with Crippen LogP contribution in [0.5, 0.6) is 5.75 Å². The van der Waals surface area contributed by atoms with Crippen LogP contribution in [0.15, 0.2) is 18.2 Å². The van der Waals surface area contributed by atoms with Gasteiger partial charge in [-0.25, -0.2) is 0 Å². The topological polar surface area (TPSA) is 23.5 Å².